The lowest BCUT2D eigenvalue weighted by Gasteiger charge is -2.15. The number of pyridine rings is 1. The molecule has 0 saturated heterocycles. The Kier molecular flexibility index (Phi) is 4.30. The summed E-state index contributed by atoms with van der Waals surface area (Å²) in [5.41, 5.74) is 4.95. The third-order valence-corrected chi connectivity index (χ3v) is 3.01. The minimum atomic E-state index is 0.00000567. The van der Waals surface area contributed by atoms with Crippen molar-refractivity contribution in [1.29, 1.82) is 0 Å². The number of nitrogens with zero attached hydrogens (tertiary/aromatic N) is 3. The van der Waals surface area contributed by atoms with E-state index in [9.17, 15) is 0 Å². The minimum absolute atomic E-state index is 0.00000567. The van der Waals surface area contributed by atoms with E-state index in [-0.39, 0.29) is 6.04 Å². The van der Waals surface area contributed by atoms with Crippen molar-refractivity contribution in [3.63, 3.8) is 0 Å². The summed E-state index contributed by atoms with van der Waals surface area (Å²) < 4.78 is 1.89. The van der Waals surface area contributed by atoms with Gasteiger partial charge in [0.25, 0.3) is 0 Å². The highest BCUT2D eigenvalue weighted by atomic mass is 35.5. The van der Waals surface area contributed by atoms with E-state index in [2.05, 4.69) is 22.4 Å². The van der Waals surface area contributed by atoms with Gasteiger partial charge in [-0.1, -0.05) is 11.6 Å². The number of aromatic nitrogens is 3. The fourth-order valence-corrected chi connectivity index (χ4v) is 2.01. The minimum Gasteiger partial charge on any atom is -0.273 e. The first-order valence-corrected chi connectivity index (χ1v) is 6.19. The Balaban J connectivity index is 2.14. The first kappa shape index (κ1) is 13.0. The molecule has 0 bridgehead atoms. The number of halogens is 1. The van der Waals surface area contributed by atoms with Gasteiger partial charge in [-0.2, -0.15) is 5.10 Å². The Bertz CT molecular complexity index is 511. The Labute approximate surface area is 111 Å². The molecule has 0 aromatic carbocycles. The molecule has 0 aliphatic rings. The van der Waals surface area contributed by atoms with Crippen molar-refractivity contribution in [3.8, 4) is 0 Å². The molecule has 96 valence electrons. The molecule has 0 spiro atoms. The summed E-state index contributed by atoms with van der Waals surface area (Å²) in [6, 6.07) is 3.72. The van der Waals surface area contributed by atoms with Gasteiger partial charge in [0.2, 0.25) is 0 Å². The van der Waals surface area contributed by atoms with Crippen molar-refractivity contribution >= 4 is 11.6 Å². The van der Waals surface area contributed by atoms with Crippen LogP contribution in [0.2, 0.25) is 5.15 Å². The fraction of sp³-hybridized carbons (Fsp3) is 0.333. The number of hydrazine groups is 1. The van der Waals surface area contributed by atoms with Gasteiger partial charge in [0.05, 0.1) is 12.2 Å². The summed E-state index contributed by atoms with van der Waals surface area (Å²) in [4.78, 5) is 3.96. The van der Waals surface area contributed by atoms with Crippen molar-refractivity contribution in [1.82, 2.24) is 20.2 Å². The monoisotopic (exact) mass is 265 g/mol. The highest BCUT2D eigenvalue weighted by Gasteiger charge is 2.12. The van der Waals surface area contributed by atoms with Gasteiger partial charge in [-0.3, -0.25) is 16.0 Å². The lowest BCUT2D eigenvalue weighted by molar-refractivity contribution is 0.551. The summed E-state index contributed by atoms with van der Waals surface area (Å²) in [5, 5.41) is 4.71. The van der Waals surface area contributed by atoms with Crippen LogP contribution < -0.4 is 11.3 Å². The second-order valence-electron chi connectivity index (χ2n) is 4.04. The van der Waals surface area contributed by atoms with Crippen LogP contribution in [0.15, 0.2) is 30.7 Å². The molecule has 18 heavy (non-hydrogen) atoms. The van der Waals surface area contributed by atoms with Gasteiger partial charge in [-0.15, -0.1) is 0 Å². The van der Waals surface area contributed by atoms with Crippen LogP contribution in [-0.2, 0) is 13.0 Å². The van der Waals surface area contributed by atoms with Crippen LogP contribution in [0, 0.1) is 0 Å². The highest BCUT2D eigenvalue weighted by Crippen LogP contribution is 2.19. The molecular weight excluding hydrogens is 250 g/mol. The summed E-state index contributed by atoms with van der Waals surface area (Å²) in [6.07, 6.45) is 6.32. The summed E-state index contributed by atoms with van der Waals surface area (Å²) in [6.45, 7) is 2.92. The average Bonchev–Trinajstić information content (AvgIpc) is 2.83. The molecular formula is C12H16ClN5. The first-order valence-electron chi connectivity index (χ1n) is 5.82. The number of aryl methyl sites for hydroxylation is 1. The molecule has 5 nitrogen and oxygen atoms in total. The van der Waals surface area contributed by atoms with Crippen LogP contribution in [0.5, 0.6) is 0 Å². The van der Waals surface area contributed by atoms with E-state index >= 15 is 0 Å². The molecule has 0 fully saturated rings. The third-order valence-electron chi connectivity index (χ3n) is 2.80. The molecule has 1 unspecified atom stereocenters. The van der Waals surface area contributed by atoms with Crippen molar-refractivity contribution in [2.45, 2.75) is 25.9 Å². The van der Waals surface area contributed by atoms with E-state index in [1.807, 2.05) is 29.2 Å². The Morgan fingerprint density at radius 1 is 1.56 bits per heavy atom. The van der Waals surface area contributed by atoms with Gasteiger partial charge in [0.1, 0.15) is 5.15 Å². The molecule has 0 radical (unpaired) electrons. The molecule has 0 saturated carbocycles. The number of nitrogens with one attached hydrogen (secondary N) is 1. The Hall–Kier alpha value is -1.43. The quantitative estimate of drug-likeness (QED) is 0.490. The number of rotatable bonds is 5. The van der Waals surface area contributed by atoms with Crippen LogP contribution in [0.3, 0.4) is 0 Å². The molecule has 2 rings (SSSR count). The van der Waals surface area contributed by atoms with Crippen molar-refractivity contribution < 1.29 is 0 Å². The topological polar surface area (TPSA) is 68.8 Å². The summed E-state index contributed by atoms with van der Waals surface area (Å²) in [7, 11) is 0. The van der Waals surface area contributed by atoms with E-state index < -0.39 is 0 Å². The van der Waals surface area contributed by atoms with E-state index in [0.717, 1.165) is 24.1 Å². The second-order valence-corrected chi connectivity index (χ2v) is 4.43. The molecule has 1 atom stereocenters. The standard InChI is InChI=1S/C12H16ClN5/c1-2-18-8-9(7-16-18)5-11(17-14)10-3-4-15-12(13)6-10/h3-4,6-8,11,17H,2,5,14H2,1H3. The molecule has 0 amide bonds. The maximum Gasteiger partial charge on any atom is 0.129 e. The normalized spacial score (nSPS) is 12.6. The molecule has 3 N–H and O–H groups in total. The molecule has 6 heteroatoms. The van der Waals surface area contributed by atoms with Gasteiger partial charge in [-0.25, -0.2) is 4.98 Å². The molecule has 2 aromatic heterocycles. The van der Waals surface area contributed by atoms with Gasteiger partial charge in [0.15, 0.2) is 0 Å². The zero-order valence-electron chi connectivity index (χ0n) is 10.2. The summed E-state index contributed by atoms with van der Waals surface area (Å²) in [5.74, 6) is 5.60. The average molecular weight is 266 g/mol. The molecule has 2 aromatic rings. The van der Waals surface area contributed by atoms with Gasteiger partial charge in [0, 0.05) is 18.9 Å². The Morgan fingerprint density at radius 2 is 2.39 bits per heavy atom. The lowest BCUT2D eigenvalue weighted by atomic mass is 10.0. The zero-order valence-corrected chi connectivity index (χ0v) is 10.9. The van der Waals surface area contributed by atoms with Gasteiger partial charge < -0.3 is 0 Å². The molecule has 0 aliphatic heterocycles. The van der Waals surface area contributed by atoms with Crippen LogP contribution in [0.25, 0.3) is 0 Å². The SMILES string of the molecule is CCn1cc(CC(NN)c2ccnc(Cl)c2)cn1. The van der Waals surface area contributed by atoms with Gasteiger partial charge in [-0.05, 0) is 36.6 Å². The molecule has 0 aliphatic carbocycles. The number of nitrogens with two attached hydrogens (primary N) is 1. The van der Waals surface area contributed by atoms with Crippen LogP contribution in [-0.4, -0.2) is 14.8 Å². The van der Waals surface area contributed by atoms with Crippen molar-refractivity contribution in [2.75, 3.05) is 0 Å². The molecule has 2 heterocycles. The van der Waals surface area contributed by atoms with E-state index in [0.29, 0.717) is 5.15 Å². The lowest BCUT2D eigenvalue weighted by Crippen LogP contribution is -2.29. The van der Waals surface area contributed by atoms with Gasteiger partial charge >= 0.3 is 0 Å². The zero-order chi connectivity index (χ0) is 13.0. The van der Waals surface area contributed by atoms with Crippen LogP contribution in [0.1, 0.15) is 24.1 Å². The third kappa shape index (κ3) is 3.07. The first-order chi connectivity index (χ1) is 8.72. The number of hydrogen-bond acceptors (Lipinski definition) is 4. The van der Waals surface area contributed by atoms with Crippen LogP contribution >= 0.6 is 11.6 Å². The number of hydrogen-bond donors (Lipinski definition) is 2. The van der Waals surface area contributed by atoms with E-state index in [1.54, 1.807) is 6.20 Å². The van der Waals surface area contributed by atoms with Crippen molar-refractivity contribution in [3.05, 3.63) is 47.0 Å². The maximum absolute atomic E-state index is 5.88. The highest BCUT2D eigenvalue weighted by molar-refractivity contribution is 6.29. The second kappa shape index (κ2) is 5.95. The smallest absolute Gasteiger partial charge is 0.129 e. The predicted molar refractivity (Wildman–Crippen MR) is 70.9 cm³/mol. The maximum atomic E-state index is 5.88. The summed E-state index contributed by atoms with van der Waals surface area (Å²) >= 11 is 5.88. The van der Waals surface area contributed by atoms with Crippen molar-refractivity contribution in [2.24, 2.45) is 5.84 Å². The Morgan fingerprint density at radius 3 is 3.00 bits per heavy atom. The van der Waals surface area contributed by atoms with Crippen LogP contribution in [0.4, 0.5) is 0 Å². The fourth-order valence-electron chi connectivity index (χ4n) is 1.83. The predicted octanol–water partition coefficient (Wildman–Crippen LogP) is 1.70. The van der Waals surface area contributed by atoms with E-state index in [4.69, 9.17) is 17.4 Å². The largest absolute Gasteiger partial charge is 0.273 e. The van der Waals surface area contributed by atoms with E-state index in [1.165, 1.54) is 0 Å².